The summed E-state index contributed by atoms with van der Waals surface area (Å²) in [5, 5.41) is 13.0. The minimum Gasteiger partial charge on any atom is -0.479 e. The smallest absolute Gasteiger partial charge is 0.320 e. The summed E-state index contributed by atoms with van der Waals surface area (Å²) < 4.78 is 10.6. The van der Waals surface area contributed by atoms with Gasteiger partial charge in [-0.25, -0.2) is 9.78 Å². The standard InChI is InChI=1S/C21H24N6O4/c1-13(14-6-4-3-5-7-14)22-21(29)24-16-12-15-17(19(30-2)26-25-15)18(23-16)20(28)27-8-10-31-11-9-27/h3-7,12-13H,8-11H2,1-2H3,(H,25,26)(H2,22,23,24,29)/t13-/m1/s1. The summed E-state index contributed by atoms with van der Waals surface area (Å²) >= 11 is 0. The lowest BCUT2D eigenvalue weighted by molar-refractivity contribution is 0.0300. The van der Waals surface area contributed by atoms with E-state index in [4.69, 9.17) is 9.47 Å². The molecule has 0 radical (unpaired) electrons. The first-order valence-electron chi connectivity index (χ1n) is 9.99. The van der Waals surface area contributed by atoms with Gasteiger partial charge in [0.1, 0.15) is 11.5 Å². The van der Waals surface area contributed by atoms with E-state index in [0.717, 1.165) is 5.56 Å². The summed E-state index contributed by atoms with van der Waals surface area (Å²) in [6.07, 6.45) is 0. The number of H-pyrrole nitrogens is 1. The number of amides is 3. The van der Waals surface area contributed by atoms with Crippen LogP contribution in [0.3, 0.4) is 0 Å². The van der Waals surface area contributed by atoms with E-state index in [0.29, 0.717) is 37.2 Å². The molecule has 2 aromatic heterocycles. The summed E-state index contributed by atoms with van der Waals surface area (Å²) in [4.78, 5) is 31.8. The number of nitrogens with one attached hydrogen (secondary N) is 3. The van der Waals surface area contributed by atoms with Gasteiger partial charge < -0.3 is 19.7 Å². The van der Waals surface area contributed by atoms with Gasteiger partial charge in [0.15, 0.2) is 0 Å². The normalized spacial score (nSPS) is 14.8. The Kier molecular flexibility index (Phi) is 5.99. The number of benzene rings is 1. The van der Waals surface area contributed by atoms with Crippen molar-refractivity contribution in [1.82, 2.24) is 25.4 Å². The molecule has 10 nitrogen and oxygen atoms in total. The van der Waals surface area contributed by atoms with Crippen molar-refractivity contribution in [1.29, 1.82) is 0 Å². The fourth-order valence-electron chi connectivity index (χ4n) is 3.47. The van der Waals surface area contributed by atoms with Crippen LogP contribution in [-0.2, 0) is 4.74 Å². The zero-order valence-corrected chi connectivity index (χ0v) is 17.3. The number of aromatic amines is 1. The molecule has 162 valence electrons. The van der Waals surface area contributed by atoms with Crippen LogP contribution in [0.4, 0.5) is 10.6 Å². The number of aromatic nitrogens is 3. The minimum absolute atomic E-state index is 0.163. The van der Waals surface area contributed by atoms with Gasteiger partial charge in [-0.3, -0.25) is 15.2 Å². The van der Waals surface area contributed by atoms with E-state index in [1.807, 2.05) is 37.3 Å². The second-order valence-electron chi connectivity index (χ2n) is 7.15. The summed E-state index contributed by atoms with van der Waals surface area (Å²) in [6.45, 7) is 3.76. The number of pyridine rings is 1. The Labute approximate surface area is 178 Å². The molecule has 10 heteroatoms. The van der Waals surface area contributed by atoms with Crippen molar-refractivity contribution in [3.63, 3.8) is 0 Å². The fourth-order valence-corrected chi connectivity index (χ4v) is 3.47. The molecule has 4 rings (SSSR count). The molecule has 1 aliphatic rings. The van der Waals surface area contributed by atoms with Crippen molar-refractivity contribution >= 4 is 28.7 Å². The first kappa shape index (κ1) is 20.6. The molecular weight excluding hydrogens is 400 g/mol. The Morgan fingerprint density at radius 2 is 1.97 bits per heavy atom. The molecule has 31 heavy (non-hydrogen) atoms. The maximum atomic E-state index is 13.2. The van der Waals surface area contributed by atoms with Gasteiger partial charge >= 0.3 is 6.03 Å². The Hall–Kier alpha value is -3.66. The van der Waals surface area contributed by atoms with Crippen LogP contribution < -0.4 is 15.4 Å². The van der Waals surface area contributed by atoms with E-state index in [-0.39, 0.29) is 29.3 Å². The van der Waals surface area contributed by atoms with Crippen LogP contribution in [0.1, 0.15) is 29.0 Å². The Morgan fingerprint density at radius 3 is 2.68 bits per heavy atom. The minimum atomic E-state index is -0.431. The number of morpholine rings is 1. The SMILES string of the molecule is COc1n[nH]c2cc(NC(=O)N[C@H](C)c3ccccc3)nc(C(=O)N3CCOCC3)c12. The van der Waals surface area contributed by atoms with Crippen LogP contribution in [0.25, 0.3) is 10.9 Å². The Bertz CT molecular complexity index is 1080. The second-order valence-corrected chi connectivity index (χ2v) is 7.15. The van der Waals surface area contributed by atoms with Crippen molar-refractivity contribution in [3.8, 4) is 5.88 Å². The molecule has 1 saturated heterocycles. The van der Waals surface area contributed by atoms with E-state index in [1.165, 1.54) is 7.11 Å². The number of rotatable bonds is 5. The zero-order chi connectivity index (χ0) is 21.8. The molecule has 3 N–H and O–H groups in total. The van der Waals surface area contributed by atoms with Gasteiger partial charge in [0.05, 0.1) is 37.3 Å². The summed E-state index contributed by atoms with van der Waals surface area (Å²) in [7, 11) is 1.48. The van der Waals surface area contributed by atoms with E-state index >= 15 is 0 Å². The highest BCUT2D eigenvalue weighted by molar-refractivity contribution is 6.07. The molecule has 1 atom stereocenters. The number of nitrogens with zero attached hydrogens (tertiary/aromatic N) is 3. The van der Waals surface area contributed by atoms with Crippen molar-refractivity contribution in [3.05, 3.63) is 47.7 Å². The number of fused-ring (bicyclic) bond motifs is 1. The largest absolute Gasteiger partial charge is 0.479 e. The molecule has 3 heterocycles. The molecule has 1 aromatic carbocycles. The van der Waals surface area contributed by atoms with Gasteiger partial charge in [-0.15, -0.1) is 5.10 Å². The summed E-state index contributed by atoms with van der Waals surface area (Å²) in [6, 6.07) is 10.6. The first-order chi connectivity index (χ1) is 15.1. The van der Waals surface area contributed by atoms with Gasteiger partial charge in [-0.2, -0.15) is 0 Å². The molecule has 0 saturated carbocycles. The molecule has 3 amide bonds. The lowest BCUT2D eigenvalue weighted by Gasteiger charge is -2.26. The van der Waals surface area contributed by atoms with Crippen molar-refractivity contribution in [2.24, 2.45) is 0 Å². The van der Waals surface area contributed by atoms with Crippen LogP contribution in [-0.4, -0.2) is 65.4 Å². The quantitative estimate of drug-likeness (QED) is 0.578. The van der Waals surface area contributed by atoms with E-state index in [2.05, 4.69) is 25.8 Å². The molecule has 0 bridgehead atoms. The topological polar surface area (TPSA) is 121 Å². The third-order valence-corrected chi connectivity index (χ3v) is 5.09. The van der Waals surface area contributed by atoms with Crippen LogP contribution in [0, 0.1) is 0 Å². The molecule has 0 unspecified atom stereocenters. The molecular formula is C21H24N6O4. The maximum Gasteiger partial charge on any atom is 0.320 e. The van der Waals surface area contributed by atoms with E-state index in [9.17, 15) is 9.59 Å². The lowest BCUT2D eigenvalue weighted by atomic mass is 10.1. The van der Waals surface area contributed by atoms with Gasteiger partial charge in [-0.1, -0.05) is 30.3 Å². The Morgan fingerprint density at radius 1 is 1.23 bits per heavy atom. The van der Waals surface area contributed by atoms with Crippen LogP contribution in [0.2, 0.25) is 0 Å². The second kappa shape index (κ2) is 9.00. The monoisotopic (exact) mass is 424 g/mol. The molecule has 0 spiro atoms. The predicted octanol–water partition coefficient (Wildman–Crippen LogP) is 2.32. The fraction of sp³-hybridized carbons (Fsp3) is 0.333. The zero-order valence-electron chi connectivity index (χ0n) is 17.3. The van der Waals surface area contributed by atoms with Crippen molar-refractivity contribution in [2.75, 3.05) is 38.7 Å². The molecule has 1 fully saturated rings. The highest BCUT2D eigenvalue weighted by Crippen LogP contribution is 2.28. The van der Waals surface area contributed by atoms with Crippen LogP contribution in [0.15, 0.2) is 36.4 Å². The summed E-state index contributed by atoms with van der Waals surface area (Å²) in [5.41, 5.74) is 1.67. The van der Waals surface area contributed by atoms with Gasteiger partial charge in [0.25, 0.3) is 5.91 Å². The van der Waals surface area contributed by atoms with Gasteiger partial charge in [0, 0.05) is 19.2 Å². The highest BCUT2D eigenvalue weighted by Gasteiger charge is 2.26. The third kappa shape index (κ3) is 4.43. The van der Waals surface area contributed by atoms with Crippen LogP contribution >= 0.6 is 0 Å². The highest BCUT2D eigenvalue weighted by atomic mass is 16.5. The average molecular weight is 424 g/mol. The number of hydrogen-bond donors (Lipinski definition) is 3. The number of methoxy groups -OCH3 is 1. The number of hydrogen-bond acceptors (Lipinski definition) is 6. The molecule has 0 aliphatic carbocycles. The Balaban J connectivity index is 1.59. The van der Waals surface area contributed by atoms with Crippen molar-refractivity contribution < 1.29 is 19.1 Å². The number of carbonyl (C=O) groups is 2. The molecule has 3 aromatic rings. The maximum absolute atomic E-state index is 13.2. The van der Waals surface area contributed by atoms with Gasteiger partial charge in [-0.05, 0) is 12.5 Å². The number of anilines is 1. The average Bonchev–Trinajstić information content (AvgIpc) is 3.22. The summed E-state index contributed by atoms with van der Waals surface area (Å²) in [5.74, 6) is 0.232. The third-order valence-electron chi connectivity index (χ3n) is 5.09. The van der Waals surface area contributed by atoms with Crippen LogP contribution in [0.5, 0.6) is 5.88 Å². The molecule has 1 aliphatic heterocycles. The van der Waals surface area contributed by atoms with Gasteiger partial charge in [0.2, 0.25) is 5.88 Å². The number of ether oxygens (including phenoxy) is 2. The number of urea groups is 1. The predicted molar refractivity (Wildman–Crippen MR) is 114 cm³/mol. The first-order valence-corrected chi connectivity index (χ1v) is 9.99. The van der Waals surface area contributed by atoms with E-state index < -0.39 is 6.03 Å². The number of carbonyl (C=O) groups excluding carboxylic acids is 2. The lowest BCUT2D eigenvalue weighted by Crippen LogP contribution is -2.41. The van der Waals surface area contributed by atoms with Crippen molar-refractivity contribution in [2.45, 2.75) is 13.0 Å². The van der Waals surface area contributed by atoms with E-state index in [1.54, 1.807) is 11.0 Å².